The van der Waals surface area contributed by atoms with Crippen LogP contribution in [0.4, 0.5) is 5.69 Å². The van der Waals surface area contributed by atoms with Crippen molar-refractivity contribution in [2.75, 3.05) is 19.0 Å². The highest BCUT2D eigenvalue weighted by Gasteiger charge is 2.16. The molecule has 1 amide bonds. The fraction of sp³-hybridized carbons (Fsp3) is 0.136. The second kappa shape index (κ2) is 9.75. The minimum Gasteiger partial charge on any atom is -0.496 e. The standard InChI is InChI=1S/C22H21ClN2O4S/c1-29-21-12-7-17(23)15-20(21)22(26)25-18-8-10-19(11-9-18)30(27,28)24-14-13-16-5-3-2-4-6-16/h2-12,15,24H,13-14H2,1H3,(H,25,26). The van der Waals surface area contributed by atoms with E-state index in [2.05, 4.69) is 10.0 Å². The molecule has 0 saturated carbocycles. The number of nitrogens with one attached hydrogen (secondary N) is 2. The van der Waals surface area contributed by atoms with Crippen LogP contribution in [0.5, 0.6) is 5.75 Å². The van der Waals surface area contributed by atoms with E-state index in [9.17, 15) is 13.2 Å². The maximum atomic E-state index is 12.5. The molecule has 2 N–H and O–H groups in total. The highest BCUT2D eigenvalue weighted by atomic mass is 35.5. The summed E-state index contributed by atoms with van der Waals surface area (Å²) in [6, 6.07) is 20.3. The van der Waals surface area contributed by atoms with E-state index < -0.39 is 15.9 Å². The molecule has 0 atom stereocenters. The Kier molecular flexibility index (Phi) is 7.10. The van der Waals surface area contributed by atoms with Crippen molar-refractivity contribution in [1.82, 2.24) is 4.72 Å². The van der Waals surface area contributed by atoms with Gasteiger partial charge in [0.1, 0.15) is 5.75 Å². The van der Waals surface area contributed by atoms with Crippen LogP contribution >= 0.6 is 11.6 Å². The minimum atomic E-state index is -3.64. The fourth-order valence-electron chi connectivity index (χ4n) is 2.83. The molecule has 0 saturated heterocycles. The lowest BCUT2D eigenvalue weighted by atomic mass is 10.2. The molecule has 0 aliphatic carbocycles. The minimum absolute atomic E-state index is 0.119. The topological polar surface area (TPSA) is 84.5 Å². The first kappa shape index (κ1) is 21.8. The van der Waals surface area contributed by atoms with Gasteiger partial charge < -0.3 is 10.1 Å². The van der Waals surface area contributed by atoms with E-state index in [1.807, 2.05) is 30.3 Å². The molecule has 156 valence electrons. The Balaban J connectivity index is 1.64. The van der Waals surface area contributed by atoms with Crippen LogP contribution < -0.4 is 14.8 Å². The van der Waals surface area contributed by atoms with Gasteiger partial charge in [-0.1, -0.05) is 41.9 Å². The molecule has 3 aromatic carbocycles. The van der Waals surface area contributed by atoms with Crippen molar-refractivity contribution < 1.29 is 17.9 Å². The summed E-state index contributed by atoms with van der Waals surface area (Å²) in [6.45, 7) is 0.291. The molecule has 3 aromatic rings. The quantitative estimate of drug-likeness (QED) is 0.547. The average molecular weight is 445 g/mol. The van der Waals surface area contributed by atoms with Gasteiger partial charge in [-0.2, -0.15) is 0 Å². The molecule has 0 fully saturated rings. The van der Waals surface area contributed by atoms with E-state index in [1.54, 1.807) is 12.1 Å². The van der Waals surface area contributed by atoms with Crippen LogP contribution in [0.2, 0.25) is 5.02 Å². The summed E-state index contributed by atoms with van der Waals surface area (Å²) in [5.74, 6) is -0.0235. The first-order valence-electron chi connectivity index (χ1n) is 9.17. The molecule has 0 aliphatic rings. The second-order valence-electron chi connectivity index (χ2n) is 6.46. The van der Waals surface area contributed by atoms with Crippen LogP contribution in [0.1, 0.15) is 15.9 Å². The number of hydrogen-bond donors (Lipinski definition) is 2. The zero-order valence-corrected chi connectivity index (χ0v) is 17.8. The number of amides is 1. The molecule has 6 nitrogen and oxygen atoms in total. The van der Waals surface area contributed by atoms with Gasteiger partial charge >= 0.3 is 0 Å². The molecule has 0 heterocycles. The number of hydrogen-bond acceptors (Lipinski definition) is 4. The van der Waals surface area contributed by atoms with Gasteiger partial charge in [-0.15, -0.1) is 0 Å². The van der Waals surface area contributed by atoms with Gasteiger partial charge in [0.05, 0.1) is 17.6 Å². The number of anilines is 1. The Labute approximate surface area is 180 Å². The lowest BCUT2D eigenvalue weighted by Crippen LogP contribution is -2.26. The molecule has 0 aromatic heterocycles. The van der Waals surface area contributed by atoms with E-state index in [0.717, 1.165) is 5.56 Å². The van der Waals surface area contributed by atoms with Crippen molar-refractivity contribution in [3.05, 3.63) is 88.9 Å². The number of carbonyl (C=O) groups is 1. The van der Waals surface area contributed by atoms with Crippen LogP contribution in [-0.2, 0) is 16.4 Å². The Morgan fingerprint density at radius 2 is 1.70 bits per heavy atom. The number of ether oxygens (including phenoxy) is 1. The normalized spacial score (nSPS) is 11.1. The highest BCUT2D eigenvalue weighted by Crippen LogP contribution is 2.24. The monoisotopic (exact) mass is 444 g/mol. The van der Waals surface area contributed by atoms with Gasteiger partial charge in [-0.3, -0.25) is 4.79 Å². The van der Waals surface area contributed by atoms with Gasteiger partial charge in [0, 0.05) is 17.3 Å². The largest absolute Gasteiger partial charge is 0.496 e. The second-order valence-corrected chi connectivity index (χ2v) is 8.66. The zero-order valence-electron chi connectivity index (χ0n) is 16.3. The number of halogens is 1. The Hall–Kier alpha value is -2.87. The maximum Gasteiger partial charge on any atom is 0.259 e. The number of sulfonamides is 1. The van der Waals surface area contributed by atoms with Crippen LogP contribution in [0.3, 0.4) is 0 Å². The smallest absolute Gasteiger partial charge is 0.259 e. The van der Waals surface area contributed by atoms with Crippen LogP contribution in [0, 0.1) is 0 Å². The van der Waals surface area contributed by atoms with Gasteiger partial charge in [-0.05, 0) is 54.4 Å². The summed E-state index contributed by atoms with van der Waals surface area (Å²) in [7, 11) is -2.18. The molecule has 0 radical (unpaired) electrons. The Bertz CT molecular complexity index is 1120. The third-order valence-corrected chi connectivity index (χ3v) is 6.09. The van der Waals surface area contributed by atoms with Crippen molar-refractivity contribution in [3.63, 3.8) is 0 Å². The number of carbonyl (C=O) groups excluding carboxylic acids is 1. The van der Waals surface area contributed by atoms with Crippen molar-refractivity contribution in [3.8, 4) is 5.75 Å². The summed E-state index contributed by atoms with van der Waals surface area (Å²) in [5, 5.41) is 3.12. The number of benzene rings is 3. The highest BCUT2D eigenvalue weighted by molar-refractivity contribution is 7.89. The molecule has 8 heteroatoms. The van der Waals surface area contributed by atoms with Crippen LogP contribution in [0.25, 0.3) is 0 Å². The van der Waals surface area contributed by atoms with Crippen molar-refractivity contribution in [1.29, 1.82) is 0 Å². The van der Waals surface area contributed by atoms with Gasteiger partial charge in [0.25, 0.3) is 5.91 Å². The average Bonchev–Trinajstić information content (AvgIpc) is 2.74. The molecule has 0 unspecified atom stereocenters. The predicted octanol–water partition coefficient (Wildman–Crippen LogP) is 4.12. The Morgan fingerprint density at radius 3 is 2.37 bits per heavy atom. The Morgan fingerprint density at radius 1 is 1.00 bits per heavy atom. The SMILES string of the molecule is COc1ccc(Cl)cc1C(=O)Nc1ccc(S(=O)(=O)NCCc2ccccc2)cc1. The summed E-state index contributed by atoms with van der Waals surface area (Å²) in [6.07, 6.45) is 0.593. The first-order valence-corrected chi connectivity index (χ1v) is 11.0. The third-order valence-electron chi connectivity index (χ3n) is 4.38. The van der Waals surface area contributed by atoms with Gasteiger partial charge in [0.15, 0.2) is 0 Å². The third kappa shape index (κ3) is 5.60. The van der Waals surface area contributed by atoms with E-state index in [-0.39, 0.29) is 10.5 Å². The van der Waals surface area contributed by atoms with Crippen molar-refractivity contribution >= 4 is 33.2 Å². The lowest BCUT2D eigenvalue weighted by molar-refractivity contribution is 0.102. The number of methoxy groups -OCH3 is 1. The molecule has 0 aliphatic heterocycles. The van der Waals surface area contributed by atoms with E-state index >= 15 is 0 Å². The van der Waals surface area contributed by atoms with E-state index in [1.165, 1.54) is 37.4 Å². The first-order chi connectivity index (χ1) is 14.4. The van der Waals surface area contributed by atoms with E-state index in [0.29, 0.717) is 29.4 Å². The van der Waals surface area contributed by atoms with Crippen LogP contribution in [0.15, 0.2) is 77.7 Å². The van der Waals surface area contributed by atoms with Crippen molar-refractivity contribution in [2.24, 2.45) is 0 Å². The summed E-state index contributed by atoms with van der Waals surface area (Å²) < 4.78 is 32.7. The molecule has 0 spiro atoms. The molecule has 0 bridgehead atoms. The summed E-state index contributed by atoms with van der Waals surface area (Å²) >= 11 is 5.96. The van der Waals surface area contributed by atoms with Gasteiger partial charge in [-0.25, -0.2) is 13.1 Å². The molecular weight excluding hydrogens is 424 g/mol. The van der Waals surface area contributed by atoms with Crippen molar-refractivity contribution in [2.45, 2.75) is 11.3 Å². The maximum absolute atomic E-state index is 12.5. The fourth-order valence-corrected chi connectivity index (χ4v) is 4.04. The number of rotatable bonds is 8. The van der Waals surface area contributed by atoms with Gasteiger partial charge in [0.2, 0.25) is 10.0 Å². The van der Waals surface area contributed by atoms with E-state index in [4.69, 9.17) is 16.3 Å². The molecule has 30 heavy (non-hydrogen) atoms. The lowest BCUT2D eigenvalue weighted by Gasteiger charge is -2.11. The predicted molar refractivity (Wildman–Crippen MR) is 118 cm³/mol. The summed E-state index contributed by atoms with van der Waals surface area (Å²) in [5.41, 5.74) is 1.78. The summed E-state index contributed by atoms with van der Waals surface area (Å²) in [4.78, 5) is 12.6. The van der Waals surface area contributed by atoms with Crippen LogP contribution in [-0.4, -0.2) is 28.0 Å². The molecular formula is C22H21ClN2O4S. The zero-order chi connectivity index (χ0) is 21.6. The molecule has 3 rings (SSSR count).